The number of aryl methyl sites for hydroxylation is 1. The Bertz CT molecular complexity index is 413. The van der Waals surface area contributed by atoms with E-state index >= 15 is 0 Å². The van der Waals surface area contributed by atoms with E-state index in [-0.39, 0.29) is 0 Å². The fraction of sp³-hybridized carbons (Fsp3) is 0.250. The van der Waals surface area contributed by atoms with Crippen molar-refractivity contribution in [1.82, 2.24) is 15.0 Å². The number of rotatable bonds is 1. The number of nitrogens with one attached hydrogen (secondary N) is 1. The number of aromatic nitrogens is 3. The molecule has 0 amide bonds. The van der Waals surface area contributed by atoms with Crippen LogP contribution in [0.5, 0.6) is 0 Å². The van der Waals surface area contributed by atoms with Crippen LogP contribution in [0.3, 0.4) is 0 Å². The van der Waals surface area contributed by atoms with Crippen LogP contribution in [0.4, 0.5) is 0 Å². The highest BCUT2D eigenvalue weighted by molar-refractivity contribution is 7.98. The van der Waals surface area contributed by atoms with Crippen LogP contribution in [0.25, 0.3) is 11.2 Å². The Balaban J connectivity index is 2.70. The van der Waals surface area contributed by atoms with E-state index in [1.165, 1.54) is 0 Å². The SMILES string of the molecule is CSc1nc2nc(C)c(Cl)cc2[nH]1. The van der Waals surface area contributed by atoms with Crippen LogP contribution in [0.1, 0.15) is 5.69 Å². The van der Waals surface area contributed by atoms with Gasteiger partial charge in [-0.25, -0.2) is 9.97 Å². The molecule has 2 rings (SSSR count). The topological polar surface area (TPSA) is 41.6 Å². The zero-order chi connectivity index (χ0) is 9.42. The molecule has 0 aliphatic rings. The van der Waals surface area contributed by atoms with Gasteiger partial charge in [-0.15, -0.1) is 0 Å². The molecule has 5 heteroatoms. The van der Waals surface area contributed by atoms with Crippen LogP contribution in [0.2, 0.25) is 5.02 Å². The molecule has 0 bridgehead atoms. The van der Waals surface area contributed by atoms with E-state index in [9.17, 15) is 0 Å². The molecule has 0 fully saturated rings. The van der Waals surface area contributed by atoms with E-state index in [0.29, 0.717) is 5.02 Å². The second kappa shape index (κ2) is 3.20. The molecule has 2 heterocycles. The molecule has 13 heavy (non-hydrogen) atoms. The lowest BCUT2D eigenvalue weighted by molar-refractivity contribution is 1.07. The van der Waals surface area contributed by atoms with Crippen molar-refractivity contribution < 1.29 is 0 Å². The largest absolute Gasteiger partial charge is 0.332 e. The minimum absolute atomic E-state index is 0.670. The number of fused-ring (bicyclic) bond motifs is 1. The van der Waals surface area contributed by atoms with Gasteiger partial charge in [0.1, 0.15) is 0 Å². The number of H-pyrrole nitrogens is 1. The zero-order valence-electron chi connectivity index (χ0n) is 7.26. The van der Waals surface area contributed by atoms with Gasteiger partial charge in [-0.1, -0.05) is 23.4 Å². The van der Waals surface area contributed by atoms with E-state index < -0.39 is 0 Å². The molecular weight excluding hydrogens is 206 g/mol. The van der Waals surface area contributed by atoms with Gasteiger partial charge in [-0.3, -0.25) is 0 Å². The third-order valence-corrected chi connectivity index (χ3v) is 2.74. The van der Waals surface area contributed by atoms with Crippen molar-refractivity contribution in [1.29, 1.82) is 0 Å². The monoisotopic (exact) mass is 213 g/mol. The van der Waals surface area contributed by atoms with E-state index in [4.69, 9.17) is 11.6 Å². The molecule has 0 aromatic carbocycles. The standard InChI is InChI=1S/C8H8ClN3S/c1-4-5(9)3-6-7(10-4)12-8(11-6)13-2/h3H,1-2H3,(H,10,11,12). The second-order valence-corrected chi connectivity index (χ2v) is 3.87. The summed E-state index contributed by atoms with van der Waals surface area (Å²) < 4.78 is 0. The summed E-state index contributed by atoms with van der Waals surface area (Å²) in [6.07, 6.45) is 1.96. The summed E-state index contributed by atoms with van der Waals surface area (Å²) in [6, 6.07) is 1.85. The van der Waals surface area contributed by atoms with E-state index in [2.05, 4.69) is 15.0 Å². The number of nitrogens with zero attached hydrogens (tertiary/aromatic N) is 2. The number of imidazole rings is 1. The summed E-state index contributed by atoms with van der Waals surface area (Å²) in [6.45, 7) is 1.87. The first-order chi connectivity index (χ1) is 6.20. The number of hydrogen-bond acceptors (Lipinski definition) is 3. The van der Waals surface area contributed by atoms with Crippen LogP contribution in [-0.2, 0) is 0 Å². The van der Waals surface area contributed by atoms with Crippen molar-refractivity contribution in [3.05, 3.63) is 16.8 Å². The van der Waals surface area contributed by atoms with Gasteiger partial charge in [0, 0.05) is 0 Å². The van der Waals surface area contributed by atoms with Crippen molar-refractivity contribution in [3.63, 3.8) is 0 Å². The predicted molar refractivity (Wildman–Crippen MR) is 55.4 cm³/mol. The molecule has 68 valence electrons. The fourth-order valence-electron chi connectivity index (χ4n) is 1.08. The number of hydrogen-bond donors (Lipinski definition) is 1. The van der Waals surface area contributed by atoms with Gasteiger partial charge in [-0.2, -0.15) is 0 Å². The Morgan fingerprint density at radius 3 is 2.92 bits per heavy atom. The van der Waals surface area contributed by atoms with Crippen molar-refractivity contribution in [2.75, 3.05) is 6.26 Å². The maximum Gasteiger partial charge on any atom is 0.178 e. The molecule has 0 radical (unpaired) electrons. The number of thioether (sulfide) groups is 1. The molecule has 3 nitrogen and oxygen atoms in total. The summed E-state index contributed by atoms with van der Waals surface area (Å²) in [5.74, 6) is 0. The molecule has 0 saturated carbocycles. The molecule has 0 atom stereocenters. The average molecular weight is 214 g/mol. The van der Waals surface area contributed by atoms with Crippen molar-refractivity contribution in [2.45, 2.75) is 12.1 Å². The highest BCUT2D eigenvalue weighted by Gasteiger charge is 2.05. The van der Waals surface area contributed by atoms with Crippen molar-refractivity contribution in [2.24, 2.45) is 0 Å². The third-order valence-electron chi connectivity index (χ3n) is 1.77. The molecule has 0 unspecified atom stereocenters. The maximum absolute atomic E-state index is 5.92. The molecule has 2 aromatic rings. The van der Waals surface area contributed by atoms with Crippen LogP contribution in [0.15, 0.2) is 11.2 Å². The highest BCUT2D eigenvalue weighted by Crippen LogP contribution is 2.21. The lowest BCUT2D eigenvalue weighted by Crippen LogP contribution is -1.83. The number of halogens is 1. The summed E-state index contributed by atoms with van der Waals surface area (Å²) in [7, 11) is 0. The maximum atomic E-state index is 5.92. The normalized spacial score (nSPS) is 11.0. The molecule has 0 aliphatic heterocycles. The lowest BCUT2D eigenvalue weighted by atomic mass is 10.3. The molecule has 0 aliphatic carbocycles. The summed E-state index contributed by atoms with van der Waals surface area (Å²) in [5, 5.41) is 1.54. The van der Waals surface area contributed by atoms with Gasteiger partial charge in [0.15, 0.2) is 10.8 Å². The second-order valence-electron chi connectivity index (χ2n) is 2.67. The Morgan fingerprint density at radius 2 is 2.23 bits per heavy atom. The summed E-state index contributed by atoms with van der Waals surface area (Å²) >= 11 is 7.48. The van der Waals surface area contributed by atoms with Crippen molar-refractivity contribution in [3.8, 4) is 0 Å². The average Bonchev–Trinajstić information content (AvgIpc) is 2.48. The molecule has 1 N–H and O–H groups in total. The number of aromatic amines is 1. The van der Waals surface area contributed by atoms with E-state index in [1.54, 1.807) is 11.8 Å². The van der Waals surface area contributed by atoms with Gasteiger partial charge in [0.25, 0.3) is 0 Å². The molecule has 0 spiro atoms. The smallest absolute Gasteiger partial charge is 0.178 e. The zero-order valence-corrected chi connectivity index (χ0v) is 8.83. The van der Waals surface area contributed by atoms with Gasteiger partial charge in [0.2, 0.25) is 0 Å². The first-order valence-corrected chi connectivity index (χ1v) is 5.38. The highest BCUT2D eigenvalue weighted by atomic mass is 35.5. The first kappa shape index (κ1) is 8.84. The van der Waals surface area contributed by atoms with Crippen LogP contribution in [0, 0.1) is 6.92 Å². The van der Waals surface area contributed by atoms with Crippen LogP contribution in [-0.4, -0.2) is 21.2 Å². The fourth-order valence-corrected chi connectivity index (χ4v) is 1.62. The Kier molecular flexibility index (Phi) is 2.17. The van der Waals surface area contributed by atoms with Gasteiger partial charge in [-0.05, 0) is 19.2 Å². The molecular formula is C8H8ClN3S. The minimum Gasteiger partial charge on any atom is -0.332 e. The van der Waals surface area contributed by atoms with Gasteiger partial charge in [0.05, 0.1) is 16.2 Å². The Morgan fingerprint density at radius 1 is 1.46 bits per heavy atom. The van der Waals surface area contributed by atoms with E-state index in [1.807, 2.05) is 19.2 Å². The lowest BCUT2D eigenvalue weighted by Gasteiger charge is -1.94. The molecule has 2 aromatic heterocycles. The predicted octanol–water partition coefficient (Wildman–Crippen LogP) is 2.64. The van der Waals surface area contributed by atoms with Gasteiger partial charge >= 0.3 is 0 Å². The Labute approximate surface area is 84.9 Å². The van der Waals surface area contributed by atoms with E-state index in [0.717, 1.165) is 22.0 Å². The van der Waals surface area contributed by atoms with Gasteiger partial charge < -0.3 is 4.98 Å². The van der Waals surface area contributed by atoms with Crippen LogP contribution >= 0.6 is 23.4 Å². The van der Waals surface area contributed by atoms with Crippen LogP contribution < -0.4 is 0 Å². The van der Waals surface area contributed by atoms with Crippen molar-refractivity contribution >= 4 is 34.5 Å². The third kappa shape index (κ3) is 1.51. The first-order valence-electron chi connectivity index (χ1n) is 3.77. The minimum atomic E-state index is 0.670. The summed E-state index contributed by atoms with van der Waals surface area (Å²) in [4.78, 5) is 11.6. The molecule has 0 saturated heterocycles. The summed E-state index contributed by atoms with van der Waals surface area (Å²) in [5.41, 5.74) is 2.43. The Hall–Kier alpha value is -0.740. The quantitative estimate of drug-likeness (QED) is 0.741. The number of pyridine rings is 1.